The molecule has 4 rings (SSSR count). The number of hydrogen-bond donors (Lipinski definition) is 2. The summed E-state index contributed by atoms with van der Waals surface area (Å²) >= 11 is 12.8. The smallest absolute Gasteiger partial charge is 0.176 e. The molecule has 1 aromatic rings. The van der Waals surface area contributed by atoms with Crippen LogP contribution in [0.4, 0.5) is 0 Å². The standard InChI is InChI=1S/C26H35Cl2N3OS/c1-2-19-20(25(19)30-17-29)9-8-10-24(32)23-16-33(13-6-4-3-5-7-14-33)26(31-23)21-12-11-18(27)15-22(21)28/h8,10-12,15,19-20,23,25-26,30-31H,2-7,9,13-14,16H2,1H3/b10-8+. The van der Waals surface area contributed by atoms with Crippen molar-refractivity contribution in [3.8, 4) is 6.19 Å². The van der Waals surface area contributed by atoms with E-state index in [1.165, 1.54) is 43.6 Å². The van der Waals surface area contributed by atoms with Gasteiger partial charge in [-0.15, -0.1) is 0 Å². The lowest BCUT2D eigenvalue weighted by molar-refractivity contribution is -0.115. The second kappa shape index (κ2) is 11.0. The molecule has 0 radical (unpaired) electrons. The summed E-state index contributed by atoms with van der Waals surface area (Å²) in [5.74, 6) is 4.53. The van der Waals surface area contributed by atoms with Gasteiger partial charge in [0, 0.05) is 21.8 Å². The molecule has 180 valence electrons. The monoisotopic (exact) mass is 507 g/mol. The number of benzene rings is 1. The quantitative estimate of drug-likeness (QED) is 0.256. The van der Waals surface area contributed by atoms with Gasteiger partial charge >= 0.3 is 0 Å². The van der Waals surface area contributed by atoms with Crippen LogP contribution in [0.2, 0.25) is 10.0 Å². The number of nitriles is 1. The number of ketones is 1. The average molecular weight is 509 g/mol. The highest BCUT2D eigenvalue weighted by Gasteiger charge is 2.48. The number of hydrogen-bond acceptors (Lipinski definition) is 4. The van der Waals surface area contributed by atoms with Gasteiger partial charge in [-0.05, 0) is 66.4 Å². The maximum atomic E-state index is 13.2. The van der Waals surface area contributed by atoms with Gasteiger partial charge in [-0.1, -0.05) is 68.0 Å². The van der Waals surface area contributed by atoms with Gasteiger partial charge in [0.1, 0.15) is 0 Å². The molecule has 2 aliphatic heterocycles. The Bertz CT molecular complexity index is 923. The molecule has 1 aliphatic carbocycles. The van der Waals surface area contributed by atoms with Gasteiger partial charge in [0.05, 0.1) is 11.4 Å². The van der Waals surface area contributed by atoms with Crippen LogP contribution in [0, 0.1) is 23.3 Å². The van der Waals surface area contributed by atoms with Crippen molar-refractivity contribution in [3.63, 3.8) is 0 Å². The Morgan fingerprint density at radius 1 is 1.21 bits per heavy atom. The van der Waals surface area contributed by atoms with Crippen LogP contribution in [-0.2, 0) is 4.79 Å². The number of halogens is 2. The summed E-state index contributed by atoms with van der Waals surface area (Å²) in [5.41, 5.74) is 1.10. The van der Waals surface area contributed by atoms with Gasteiger partial charge in [0.2, 0.25) is 0 Å². The molecule has 0 bridgehead atoms. The highest BCUT2D eigenvalue weighted by molar-refractivity contribution is 8.34. The first kappa shape index (κ1) is 24.9. The Morgan fingerprint density at radius 3 is 2.61 bits per heavy atom. The fourth-order valence-corrected chi connectivity index (χ4v) is 11.4. The van der Waals surface area contributed by atoms with Gasteiger partial charge in [-0.2, -0.15) is 5.26 Å². The second-order valence-corrected chi connectivity index (χ2v) is 14.5. The minimum atomic E-state index is -1.04. The number of nitrogens with one attached hydrogen (secondary N) is 2. The molecule has 1 spiro atoms. The van der Waals surface area contributed by atoms with Crippen LogP contribution < -0.4 is 10.6 Å². The first-order valence-electron chi connectivity index (χ1n) is 12.3. The Morgan fingerprint density at radius 2 is 1.94 bits per heavy atom. The van der Waals surface area contributed by atoms with Gasteiger partial charge in [0.25, 0.3) is 0 Å². The van der Waals surface area contributed by atoms with Crippen molar-refractivity contribution in [1.29, 1.82) is 5.26 Å². The minimum Gasteiger partial charge on any atom is -0.320 e. The molecule has 1 saturated carbocycles. The molecular formula is C26H35Cl2N3OS. The van der Waals surface area contributed by atoms with E-state index in [9.17, 15) is 4.79 Å². The first-order valence-corrected chi connectivity index (χ1v) is 15.3. The molecule has 3 fully saturated rings. The first-order chi connectivity index (χ1) is 16.0. The predicted molar refractivity (Wildman–Crippen MR) is 140 cm³/mol. The van der Waals surface area contributed by atoms with Crippen LogP contribution in [0.1, 0.15) is 62.8 Å². The van der Waals surface area contributed by atoms with Gasteiger partial charge in [0.15, 0.2) is 12.0 Å². The van der Waals surface area contributed by atoms with Gasteiger partial charge < -0.3 is 5.32 Å². The topological polar surface area (TPSA) is 64.9 Å². The third kappa shape index (κ3) is 5.56. The zero-order chi connectivity index (χ0) is 23.4. The van der Waals surface area contributed by atoms with Crippen molar-refractivity contribution in [2.24, 2.45) is 11.8 Å². The molecule has 5 atom stereocenters. The predicted octanol–water partition coefficient (Wildman–Crippen LogP) is 6.34. The second-order valence-electron chi connectivity index (χ2n) is 9.78. The summed E-state index contributed by atoms with van der Waals surface area (Å²) in [6.07, 6.45) is 14.2. The maximum absolute atomic E-state index is 13.2. The lowest BCUT2D eigenvalue weighted by Crippen LogP contribution is -2.33. The van der Waals surface area contributed by atoms with E-state index in [0.29, 0.717) is 21.9 Å². The summed E-state index contributed by atoms with van der Waals surface area (Å²) in [5, 5.41) is 17.1. The summed E-state index contributed by atoms with van der Waals surface area (Å²) in [6, 6.07) is 5.92. The summed E-state index contributed by atoms with van der Waals surface area (Å²) in [6.45, 7) is 2.16. The minimum absolute atomic E-state index is 0.151. The van der Waals surface area contributed by atoms with Crippen molar-refractivity contribution in [2.75, 3.05) is 17.3 Å². The third-order valence-corrected chi connectivity index (χ3v) is 12.9. The van der Waals surface area contributed by atoms with E-state index in [1.807, 2.05) is 18.2 Å². The summed E-state index contributed by atoms with van der Waals surface area (Å²) in [7, 11) is -1.04. The fraction of sp³-hybridized carbons (Fsp3) is 0.615. The number of carbonyl (C=O) groups is 1. The van der Waals surface area contributed by atoms with E-state index < -0.39 is 10.0 Å². The fourth-order valence-electron chi connectivity index (χ4n) is 5.92. The molecule has 3 aliphatic rings. The summed E-state index contributed by atoms with van der Waals surface area (Å²) in [4.78, 5) is 13.2. The van der Waals surface area contributed by atoms with Crippen molar-refractivity contribution < 1.29 is 4.79 Å². The Kier molecular flexibility index (Phi) is 8.33. The molecule has 33 heavy (non-hydrogen) atoms. The van der Waals surface area contributed by atoms with Crippen LogP contribution in [0.15, 0.2) is 30.4 Å². The largest absolute Gasteiger partial charge is 0.320 e. The highest BCUT2D eigenvalue weighted by Crippen LogP contribution is 2.65. The van der Waals surface area contributed by atoms with E-state index in [1.54, 1.807) is 6.08 Å². The average Bonchev–Trinajstić information content (AvgIpc) is 3.29. The van der Waals surface area contributed by atoms with E-state index >= 15 is 0 Å². The van der Waals surface area contributed by atoms with Crippen LogP contribution in [-0.4, -0.2) is 35.1 Å². The van der Waals surface area contributed by atoms with Crippen LogP contribution in [0.3, 0.4) is 0 Å². The Hall–Kier alpha value is -1.19. The molecular weight excluding hydrogens is 473 g/mol. The molecule has 0 amide bonds. The van der Waals surface area contributed by atoms with Crippen LogP contribution in [0.5, 0.6) is 0 Å². The molecule has 0 aromatic heterocycles. The normalized spacial score (nSPS) is 32.1. The van der Waals surface area contributed by atoms with E-state index in [4.69, 9.17) is 28.5 Å². The zero-order valence-corrected chi connectivity index (χ0v) is 21.7. The molecule has 4 nitrogen and oxygen atoms in total. The maximum Gasteiger partial charge on any atom is 0.176 e. The van der Waals surface area contributed by atoms with E-state index in [2.05, 4.69) is 29.8 Å². The number of rotatable bonds is 7. The molecule has 2 saturated heterocycles. The lowest BCUT2D eigenvalue weighted by atomic mass is 10.1. The van der Waals surface area contributed by atoms with Crippen molar-refractivity contribution in [3.05, 3.63) is 46.0 Å². The molecule has 5 unspecified atom stereocenters. The van der Waals surface area contributed by atoms with Crippen LogP contribution >= 0.6 is 33.2 Å². The molecule has 2 heterocycles. The number of nitrogens with zero attached hydrogens (tertiary/aromatic N) is 1. The van der Waals surface area contributed by atoms with Crippen molar-refractivity contribution in [1.82, 2.24) is 10.6 Å². The van der Waals surface area contributed by atoms with Crippen molar-refractivity contribution >= 4 is 39.0 Å². The lowest BCUT2D eigenvalue weighted by Gasteiger charge is -2.43. The van der Waals surface area contributed by atoms with Gasteiger partial charge in [-0.25, -0.2) is 10.0 Å². The number of allylic oxidation sites excluding steroid dienone is 1. The molecule has 1 aromatic carbocycles. The molecule has 2 N–H and O–H groups in total. The number of carbonyl (C=O) groups excluding carboxylic acids is 1. The van der Waals surface area contributed by atoms with Crippen molar-refractivity contribution in [2.45, 2.75) is 69.3 Å². The highest BCUT2D eigenvalue weighted by atomic mass is 35.5. The summed E-state index contributed by atoms with van der Waals surface area (Å²) < 4.78 is 0. The molecule has 7 heteroatoms. The third-order valence-electron chi connectivity index (χ3n) is 7.77. The van der Waals surface area contributed by atoms with E-state index in [0.717, 1.165) is 24.2 Å². The van der Waals surface area contributed by atoms with Crippen LogP contribution in [0.25, 0.3) is 0 Å². The van der Waals surface area contributed by atoms with Gasteiger partial charge in [-0.3, -0.25) is 10.1 Å². The Balaban J connectivity index is 1.49. The SMILES string of the molecule is CCC1C(C/C=C/C(=O)C2CS3(CCCCCCC3)C(c3ccc(Cl)cc3Cl)N2)C1NC#N. The Labute approximate surface area is 209 Å². The zero-order valence-electron chi connectivity index (χ0n) is 19.4. The van der Waals surface area contributed by atoms with E-state index in [-0.39, 0.29) is 23.2 Å².